The topological polar surface area (TPSA) is 103 Å². The highest BCUT2D eigenvalue weighted by atomic mass is 79.9. The number of nitro benzene ring substituents is 1. The van der Waals surface area contributed by atoms with Crippen molar-refractivity contribution in [3.63, 3.8) is 0 Å². The molecular formula is C31H28BrN3O5S. The lowest BCUT2D eigenvalue weighted by atomic mass is 9.95. The van der Waals surface area contributed by atoms with Crippen molar-refractivity contribution in [3.05, 3.63) is 108 Å². The third-order valence-electron chi connectivity index (χ3n) is 6.60. The van der Waals surface area contributed by atoms with Crippen LogP contribution in [0, 0.1) is 10.1 Å². The van der Waals surface area contributed by atoms with Gasteiger partial charge in [0.25, 0.3) is 11.6 Å². The number of carbonyl (C=O) groups is 1. The van der Waals surface area contributed by atoms with E-state index in [1.807, 2.05) is 49.4 Å². The van der Waals surface area contributed by atoms with Crippen molar-refractivity contribution in [2.75, 3.05) is 11.9 Å². The fourth-order valence-corrected chi connectivity index (χ4v) is 6.46. The van der Waals surface area contributed by atoms with Gasteiger partial charge in [-0.3, -0.25) is 14.9 Å². The van der Waals surface area contributed by atoms with Crippen molar-refractivity contribution in [1.82, 2.24) is 0 Å². The Labute approximate surface area is 250 Å². The van der Waals surface area contributed by atoms with Gasteiger partial charge in [0.2, 0.25) is 0 Å². The molecule has 0 bridgehead atoms. The van der Waals surface area contributed by atoms with Gasteiger partial charge in [-0.15, -0.1) is 11.3 Å². The van der Waals surface area contributed by atoms with Gasteiger partial charge in [0.15, 0.2) is 11.5 Å². The van der Waals surface area contributed by atoms with Gasteiger partial charge in [0, 0.05) is 28.9 Å². The van der Waals surface area contributed by atoms with Gasteiger partial charge in [-0.05, 0) is 102 Å². The van der Waals surface area contributed by atoms with E-state index in [1.165, 1.54) is 17.0 Å². The normalized spacial score (nSPS) is 12.6. The van der Waals surface area contributed by atoms with E-state index in [-0.39, 0.29) is 18.2 Å². The first-order valence-corrected chi connectivity index (χ1v) is 14.9. The van der Waals surface area contributed by atoms with Crippen molar-refractivity contribution >= 4 is 55.8 Å². The number of carbonyl (C=O) groups excluding carboxylic acids is 1. The van der Waals surface area contributed by atoms with Crippen LogP contribution in [-0.2, 0) is 19.4 Å². The first-order chi connectivity index (χ1) is 19.9. The van der Waals surface area contributed by atoms with E-state index >= 15 is 0 Å². The number of nitrogens with zero attached hydrogens (tertiary/aromatic N) is 2. The highest BCUT2D eigenvalue weighted by Gasteiger charge is 2.25. The van der Waals surface area contributed by atoms with E-state index in [0.717, 1.165) is 48.1 Å². The molecule has 1 aromatic heterocycles. The van der Waals surface area contributed by atoms with E-state index in [0.29, 0.717) is 33.1 Å². The number of ether oxygens (including phenoxy) is 2. The summed E-state index contributed by atoms with van der Waals surface area (Å²) in [6.07, 6.45) is 5.75. The number of aryl methyl sites for hydroxylation is 1. The van der Waals surface area contributed by atoms with Crippen LogP contribution in [-0.4, -0.2) is 23.7 Å². The Morgan fingerprint density at radius 1 is 1.10 bits per heavy atom. The van der Waals surface area contributed by atoms with Crippen molar-refractivity contribution in [3.8, 4) is 11.5 Å². The number of anilines is 1. The summed E-state index contributed by atoms with van der Waals surface area (Å²) in [4.78, 5) is 29.9. The monoisotopic (exact) mass is 633 g/mol. The molecule has 0 spiro atoms. The summed E-state index contributed by atoms with van der Waals surface area (Å²) in [6.45, 7) is 2.54. The van der Waals surface area contributed by atoms with Crippen LogP contribution in [0.2, 0.25) is 0 Å². The number of nitrogens with one attached hydrogen (secondary N) is 1. The zero-order valence-corrected chi connectivity index (χ0v) is 24.8. The van der Waals surface area contributed by atoms with Gasteiger partial charge < -0.3 is 14.8 Å². The molecule has 8 nitrogen and oxygen atoms in total. The van der Waals surface area contributed by atoms with Gasteiger partial charge >= 0.3 is 0 Å². The number of hydrogen-bond donors (Lipinski definition) is 1. The average molecular weight is 635 g/mol. The number of fused-ring (bicyclic) bond motifs is 1. The minimum absolute atomic E-state index is 0.0286. The molecule has 0 saturated carbocycles. The van der Waals surface area contributed by atoms with Gasteiger partial charge in [-0.1, -0.05) is 18.2 Å². The maximum Gasteiger partial charge on any atom is 0.269 e. The maximum absolute atomic E-state index is 13.4. The minimum atomic E-state index is -0.432. The van der Waals surface area contributed by atoms with Crippen LogP contribution in [0.1, 0.15) is 51.7 Å². The highest BCUT2D eigenvalue weighted by Crippen LogP contribution is 2.41. The lowest BCUT2D eigenvalue weighted by Crippen LogP contribution is -2.14. The third-order valence-corrected chi connectivity index (χ3v) is 8.39. The van der Waals surface area contributed by atoms with Crippen LogP contribution in [0.3, 0.4) is 0 Å². The lowest BCUT2D eigenvalue weighted by Gasteiger charge is -2.14. The van der Waals surface area contributed by atoms with Crippen LogP contribution < -0.4 is 14.8 Å². The van der Waals surface area contributed by atoms with Crippen molar-refractivity contribution < 1.29 is 19.2 Å². The molecule has 3 aromatic carbocycles. The Morgan fingerprint density at radius 2 is 1.85 bits per heavy atom. The number of halogens is 1. The predicted molar refractivity (Wildman–Crippen MR) is 165 cm³/mol. The second-order valence-corrected chi connectivity index (χ2v) is 11.4. The van der Waals surface area contributed by atoms with E-state index in [9.17, 15) is 14.9 Å². The molecule has 0 radical (unpaired) electrons. The molecule has 1 aliphatic rings. The Morgan fingerprint density at radius 3 is 2.59 bits per heavy atom. The van der Waals surface area contributed by atoms with E-state index in [4.69, 9.17) is 14.5 Å². The summed E-state index contributed by atoms with van der Waals surface area (Å²) >= 11 is 5.18. The van der Waals surface area contributed by atoms with Crippen molar-refractivity contribution in [2.24, 2.45) is 4.99 Å². The van der Waals surface area contributed by atoms with Crippen LogP contribution in [0.5, 0.6) is 11.5 Å². The highest BCUT2D eigenvalue weighted by molar-refractivity contribution is 9.10. The SMILES string of the molecule is CCOc1cc(C=Nc2sc3c(c2C(=O)Nc2ccccc2)CCCC3)cc(Br)c1OCc1ccc([N+](=O)[O-])cc1. The van der Waals surface area contributed by atoms with Crippen LogP contribution in [0.4, 0.5) is 16.4 Å². The van der Waals surface area contributed by atoms with Crippen LogP contribution in [0.15, 0.2) is 76.2 Å². The van der Waals surface area contributed by atoms with Crippen LogP contribution in [0.25, 0.3) is 0 Å². The number of benzene rings is 3. The molecule has 0 aliphatic heterocycles. The van der Waals surface area contributed by atoms with E-state index < -0.39 is 4.92 Å². The number of amides is 1. The second kappa shape index (κ2) is 13.1. The first-order valence-electron chi connectivity index (χ1n) is 13.3. The smallest absolute Gasteiger partial charge is 0.269 e. The zero-order valence-electron chi connectivity index (χ0n) is 22.4. The van der Waals surface area contributed by atoms with E-state index in [1.54, 1.807) is 29.7 Å². The summed E-state index contributed by atoms with van der Waals surface area (Å²) < 4.78 is 12.6. The summed E-state index contributed by atoms with van der Waals surface area (Å²) in [7, 11) is 0. The minimum Gasteiger partial charge on any atom is -0.490 e. The fraction of sp³-hybridized carbons (Fsp3) is 0.226. The third kappa shape index (κ3) is 6.83. The zero-order chi connectivity index (χ0) is 28.8. The Balaban J connectivity index is 1.40. The molecule has 0 atom stereocenters. The summed E-state index contributed by atoms with van der Waals surface area (Å²) in [6, 6.07) is 19.4. The number of aliphatic imine (C=N–C) groups is 1. The lowest BCUT2D eigenvalue weighted by molar-refractivity contribution is -0.384. The second-order valence-electron chi connectivity index (χ2n) is 9.44. The first kappa shape index (κ1) is 28.5. The molecule has 41 heavy (non-hydrogen) atoms. The molecule has 0 unspecified atom stereocenters. The molecule has 1 aliphatic carbocycles. The quantitative estimate of drug-likeness (QED) is 0.107. The number of thiophene rings is 1. The molecule has 210 valence electrons. The largest absolute Gasteiger partial charge is 0.490 e. The van der Waals surface area contributed by atoms with Crippen LogP contribution >= 0.6 is 27.3 Å². The summed E-state index contributed by atoms with van der Waals surface area (Å²) in [5, 5.41) is 14.6. The number of para-hydroxylation sites is 1. The molecular weight excluding hydrogens is 606 g/mol. The Kier molecular flexibility index (Phi) is 9.11. The molecule has 1 N–H and O–H groups in total. The van der Waals surface area contributed by atoms with Crippen molar-refractivity contribution in [1.29, 1.82) is 0 Å². The number of non-ortho nitro benzene ring substituents is 1. The molecule has 10 heteroatoms. The number of nitro groups is 1. The number of rotatable bonds is 10. The van der Waals surface area contributed by atoms with Gasteiger partial charge in [-0.25, -0.2) is 4.99 Å². The molecule has 5 rings (SSSR count). The Hall–Kier alpha value is -4.02. The maximum atomic E-state index is 13.4. The standard InChI is InChI=1S/C31H28BrN3O5S/c1-2-39-26-17-21(16-25(32)29(26)40-19-20-12-14-23(15-13-20)35(37)38)18-33-31-28(24-10-6-7-11-27(24)41-31)30(36)34-22-8-4-3-5-9-22/h3-5,8-9,12-18H,2,6-7,10-11,19H2,1H3,(H,34,36). The van der Waals surface area contributed by atoms with E-state index in [2.05, 4.69) is 21.2 Å². The molecule has 1 heterocycles. The Bertz CT molecular complexity index is 1590. The van der Waals surface area contributed by atoms with Gasteiger partial charge in [-0.2, -0.15) is 0 Å². The molecule has 0 fully saturated rings. The van der Waals surface area contributed by atoms with Gasteiger partial charge in [0.1, 0.15) is 11.6 Å². The number of hydrogen-bond acceptors (Lipinski definition) is 7. The van der Waals surface area contributed by atoms with Crippen molar-refractivity contribution in [2.45, 2.75) is 39.2 Å². The summed E-state index contributed by atoms with van der Waals surface area (Å²) in [5.41, 5.74) is 4.10. The molecule has 4 aromatic rings. The fourth-order valence-electron chi connectivity index (χ4n) is 4.66. The summed E-state index contributed by atoms with van der Waals surface area (Å²) in [5.74, 6) is 0.920. The molecule has 1 amide bonds. The molecule has 0 saturated heterocycles. The van der Waals surface area contributed by atoms with Gasteiger partial charge in [0.05, 0.1) is 21.6 Å². The predicted octanol–water partition coefficient (Wildman–Crippen LogP) is 8.28. The average Bonchev–Trinajstić information content (AvgIpc) is 3.35.